The third-order valence-electron chi connectivity index (χ3n) is 8.56. The predicted octanol–water partition coefficient (Wildman–Crippen LogP) is 3.69. The normalized spacial score (nSPS) is 16.1. The molecule has 246 valence electrons. The van der Waals surface area contributed by atoms with Crippen molar-refractivity contribution in [2.75, 3.05) is 59.0 Å². The number of piperazine rings is 1. The number of nitrogens with zero attached hydrogens (tertiary/aromatic N) is 3. The van der Waals surface area contributed by atoms with Crippen molar-refractivity contribution >= 4 is 45.4 Å². The Labute approximate surface area is 274 Å². The van der Waals surface area contributed by atoms with E-state index in [-0.39, 0.29) is 56.4 Å². The third kappa shape index (κ3) is 8.82. The zero-order valence-corrected chi connectivity index (χ0v) is 26.9. The van der Waals surface area contributed by atoms with Gasteiger partial charge in [-0.1, -0.05) is 74.5 Å². The maximum absolute atomic E-state index is 13.4. The Morgan fingerprint density at radius 2 is 1.74 bits per heavy atom. The number of rotatable bonds is 14. The van der Waals surface area contributed by atoms with Crippen LogP contribution >= 0.6 is 0 Å². The molecule has 2 N–H and O–H groups in total. The molecule has 3 aromatic carbocycles. The lowest BCUT2D eigenvalue weighted by molar-refractivity contribution is -0.920. The largest absolute Gasteiger partial charge is 0.483 e. The van der Waals surface area contributed by atoms with Gasteiger partial charge in [0.2, 0.25) is 0 Å². The Kier molecular flexibility index (Phi) is 11.0. The summed E-state index contributed by atoms with van der Waals surface area (Å²) in [6.45, 7) is 6.05. The highest BCUT2D eigenvalue weighted by molar-refractivity contribution is 5.89. The number of aromatic nitrogens is 1. The van der Waals surface area contributed by atoms with Gasteiger partial charge in [-0.2, -0.15) is 0 Å². The number of ketones is 1. The lowest BCUT2D eigenvalue weighted by Gasteiger charge is -2.42. The van der Waals surface area contributed by atoms with E-state index in [4.69, 9.17) is 9.47 Å². The smallest absolute Gasteiger partial charge is 0.410 e. The number of quaternary nitrogens is 1. The predicted molar refractivity (Wildman–Crippen MR) is 179 cm³/mol. The van der Waals surface area contributed by atoms with Crippen molar-refractivity contribution in [1.29, 1.82) is 0 Å². The van der Waals surface area contributed by atoms with Crippen LogP contribution in [0, 0.1) is 5.92 Å². The van der Waals surface area contributed by atoms with Crippen molar-refractivity contribution in [3.8, 4) is 5.75 Å². The quantitative estimate of drug-likeness (QED) is 0.201. The molecule has 5 rings (SSSR count). The molecule has 1 aromatic heterocycles. The topological polar surface area (TPSA) is 127 Å². The second-order valence-corrected chi connectivity index (χ2v) is 12.2. The lowest BCUT2D eigenvalue weighted by atomic mass is 10.1. The molecule has 1 saturated heterocycles. The fourth-order valence-electron chi connectivity index (χ4n) is 5.77. The van der Waals surface area contributed by atoms with Crippen LogP contribution in [0.5, 0.6) is 5.75 Å². The van der Waals surface area contributed by atoms with Crippen LogP contribution in [0.1, 0.15) is 19.4 Å². The summed E-state index contributed by atoms with van der Waals surface area (Å²) in [6.07, 6.45) is 1.09. The van der Waals surface area contributed by atoms with E-state index in [1.807, 2.05) is 72.8 Å². The molecule has 11 nitrogen and oxygen atoms in total. The van der Waals surface area contributed by atoms with Crippen LogP contribution in [-0.4, -0.2) is 97.0 Å². The van der Waals surface area contributed by atoms with Gasteiger partial charge in [0.05, 0.1) is 51.3 Å². The van der Waals surface area contributed by atoms with Crippen molar-refractivity contribution in [2.45, 2.75) is 20.5 Å². The zero-order chi connectivity index (χ0) is 33.2. The Hall–Kier alpha value is -5.03. The molecule has 1 atom stereocenters. The molecule has 0 saturated carbocycles. The van der Waals surface area contributed by atoms with Gasteiger partial charge < -0.3 is 24.6 Å². The molecule has 0 radical (unpaired) electrons. The minimum Gasteiger partial charge on any atom is -0.483 e. The van der Waals surface area contributed by atoms with Gasteiger partial charge in [0.15, 0.2) is 18.9 Å². The molecule has 2 heterocycles. The molecule has 1 aliphatic heterocycles. The number of pyridine rings is 1. The van der Waals surface area contributed by atoms with Gasteiger partial charge in [0.25, 0.3) is 11.8 Å². The van der Waals surface area contributed by atoms with Gasteiger partial charge in [-0.3, -0.25) is 24.3 Å². The van der Waals surface area contributed by atoms with Crippen LogP contribution in [0.2, 0.25) is 0 Å². The number of amides is 3. The van der Waals surface area contributed by atoms with Crippen molar-refractivity contribution in [2.24, 2.45) is 5.92 Å². The zero-order valence-electron chi connectivity index (χ0n) is 26.9. The summed E-state index contributed by atoms with van der Waals surface area (Å²) in [5.41, 5.74) is 1.52. The van der Waals surface area contributed by atoms with Crippen LogP contribution < -0.4 is 15.4 Å². The van der Waals surface area contributed by atoms with E-state index in [1.165, 1.54) is 4.90 Å². The molecule has 1 unspecified atom stereocenters. The Balaban J connectivity index is 1.20. The highest BCUT2D eigenvalue weighted by atomic mass is 16.6. The van der Waals surface area contributed by atoms with Gasteiger partial charge in [-0.05, 0) is 17.5 Å². The van der Waals surface area contributed by atoms with Crippen LogP contribution in [0.4, 0.5) is 4.79 Å². The SMILES string of the molecule is CC(C)C(=O)CN(CC[N+]1(CCNC(=O)COc2cccc3ccccc23)CCNC(=O)C1)C(=O)OCc1cccc2cccnc12. The molecular formula is C36H42N5O6+. The summed E-state index contributed by atoms with van der Waals surface area (Å²) in [5, 5.41) is 8.69. The maximum atomic E-state index is 13.4. The number of para-hydroxylation sites is 1. The standard InChI is InChI=1S/C36H41N5O6/c1-26(2)31(42)22-40(36(45)47-24-29-11-5-10-28-12-7-15-39-35(28)29)18-21-41(19-16-37-33(43)23-41)20-17-38-34(44)25-46-32-14-6-9-27-8-3-4-13-30(27)32/h3-15,26H,16-25H2,1-2H3,(H-,37,38,43,44)/p+1. The molecule has 4 aromatic rings. The molecule has 47 heavy (non-hydrogen) atoms. The molecule has 0 aliphatic carbocycles. The van der Waals surface area contributed by atoms with E-state index in [0.29, 0.717) is 43.0 Å². The number of carbonyl (C=O) groups excluding carboxylic acids is 4. The fraction of sp³-hybridized carbons (Fsp3) is 0.361. The molecular weight excluding hydrogens is 598 g/mol. The lowest BCUT2D eigenvalue weighted by Crippen LogP contribution is -2.64. The summed E-state index contributed by atoms with van der Waals surface area (Å²) in [5.74, 6) is -0.0852. The Bertz CT molecular complexity index is 1730. The van der Waals surface area contributed by atoms with Crippen molar-refractivity contribution < 1.29 is 33.1 Å². The average Bonchev–Trinajstić information content (AvgIpc) is 3.08. The van der Waals surface area contributed by atoms with Gasteiger partial charge in [0.1, 0.15) is 12.4 Å². The summed E-state index contributed by atoms with van der Waals surface area (Å²) < 4.78 is 11.9. The maximum Gasteiger partial charge on any atom is 0.410 e. The third-order valence-corrected chi connectivity index (χ3v) is 8.56. The average molecular weight is 641 g/mol. The first-order chi connectivity index (χ1) is 22.7. The highest BCUT2D eigenvalue weighted by Crippen LogP contribution is 2.25. The van der Waals surface area contributed by atoms with Gasteiger partial charge in [-0.15, -0.1) is 0 Å². The minimum absolute atomic E-state index is 0.00877. The van der Waals surface area contributed by atoms with Gasteiger partial charge >= 0.3 is 6.09 Å². The van der Waals surface area contributed by atoms with Crippen LogP contribution in [-0.2, 0) is 25.7 Å². The van der Waals surface area contributed by atoms with E-state index in [2.05, 4.69) is 15.6 Å². The van der Waals surface area contributed by atoms with Crippen LogP contribution in [0.25, 0.3) is 21.7 Å². The van der Waals surface area contributed by atoms with E-state index in [9.17, 15) is 19.2 Å². The van der Waals surface area contributed by atoms with Crippen molar-refractivity contribution in [3.05, 3.63) is 84.6 Å². The second kappa shape index (κ2) is 15.5. The number of benzene rings is 3. The van der Waals surface area contributed by atoms with Crippen molar-refractivity contribution in [3.63, 3.8) is 0 Å². The van der Waals surface area contributed by atoms with Crippen LogP contribution in [0.3, 0.4) is 0 Å². The van der Waals surface area contributed by atoms with Gasteiger partial charge in [0, 0.05) is 28.5 Å². The second-order valence-electron chi connectivity index (χ2n) is 12.2. The van der Waals surface area contributed by atoms with E-state index in [1.54, 1.807) is 20.0 Å². The molecule has 0 spiro atoms. The molecule has 11 heteroatoms. The molecule has 1 aliphatic rings. The number of hydrogen-bond acceptors (Lipinski definition) is 7. The first-order valence-electron chi connectivity index (χ1n) is 16.0. The summed E-state index contributed by atoms with van der Waals surface area (Å²) in [4.78, 5) is 57.3. The first kappa shape index (κ1) is 33.3. The highest BCUT2D eigenvalue weighted by Gasteiger charge is 2.35. The number of hydrogen-bond donors (Lipinski definition) is 2. The molecule has 0 bridgehead atoms. The van der Waals surface area contributed by atoms with E-state index < -0.39 is 6.09 Å². The summed E-state index contributed by atoms with van der Waals surface area (Å²) in [6, 6.07) is 23.0. The number of fused-ring (bicyclic) bond motifs is 2. The number of nitrogens with one attached hydrogen (secondary N) is 2. The van der Waals surface area contributed by atoms with Crippen molar-refractivity contribution in [1.82, 2.24) is 20.5 Å². The summed E-state index contributed by atoms with van der Waals surface area (Å²) >= 11 is 0. The number of carbonyl (C=O) groups is 4. The van der Waals surface area contributed by atoms with E-state index >= 15 is 0 Å². The number of Topliss-reactive ketones (excluding diaryl/α,β-unsaturated/α-hetero) is 1. The minimum atomic E-state index is -0.606. The molecule has 3 amide bonds. The first-order valence-corrected chi connectivity index (χ1v) is 16.0. The summed E-state index contributed by atoms with van der Waals surface area (Å²) in [7, 11) is 0. The van der Waals surface area contributed by atoms with Gasteiger partial charge in [-0.25, -0.2) is 4.79 Å². The number of ether oxygens (including phenoxy) is 2. The monoisotopic (exact) mass is 640 g/mol. The fourth-order valence-corrected chi connectivity index (χ4v) is 5.77. The Morgan fingerprint density at radius 3 is 2.57 bits per heavy atom. The molecule has 1 fully saturated rings. The van der Waals surface area contributed by atoms with Crippen LogP contribution in [0.15, 0.2) is 79.0 Å². The Morgan fingerprint density at radius 1 is 0.979 bits per heavy atom. The van der Waals surface area contributed by atoms with E-state index in [0.717, 1.165) is 27.2 Å².